The maximum absolute atomic E-state index is 13.7. The summed E-state index contributed by atoms with van der Waals surface area (Å²) in [5, 5.41) is 0.944. The lowest BCUT2D eigenvalue weighted by Crippen LogP contribution is -2.40. The second-order valence-electron chi connectivity index (χ2n) is 8.74. The number of allylic oxidation sites excluding steroid dienone is 1. The standard InChI is InChI=1S/C27H26Cl2N2O4S/c1-5-34-20-10-7-17(8-11-20)24-23(26(33)35-14-15(2)3)16(4)30-27-31(24)25(32)22(36-27)12-18-6-9-19(28)13-21(18)29/h6-13,15,24H,5,14H2,1-4H3/b22-12-. The maximum Gasteiger partial charge on any atom is 0.338 e. The second-order valence-corrected chi connectivity index (χ2v) is 10.6. The van der Waals surface area contributed by atoms with Gasteiger partial charge in [-0.3, -0.25) is 9.36 Å². The van der Waals surface area contributed by atoms with Crippen LogP contribution in [0.25, 0.3) is 6.08 Å². The maximum atomic E-state index is 13.7. The zero-order valence-corrected chi connectivity index (χ0v) is 22.7. The molecule has 3 aromatic rings. The van der Waals surface area contributed by atoms with Crippen molar-refractivity contribution in [1.82, 2.24) is 4.57 Å². The number of aromatic nitrogens is 1. The van der Waals surface area contributed by atoms with Gasteiger partial charge in [-0.2, -0.15) is 0 Å². The summed E-state index contributed by atoms with van der Waals surface area (Å²) in [7, 11) is 0. The summed E-state index contributed by atoms with van der Waals surface area (Å²) >= 11 is 13.6. The number of carbonyl (C=O) groups excluding carboxylic acids is 1. The Morgan fingerprint density at radius 2 is 1.92 bits per heavy atom. The summed E-state index contributed by atoms with van der Waals surface area (Å²) in [6.07, 6.45) is 1.72. The number of benzene rings is 2. The van der Waals surface area contributed by atoms with Crippen molar-refractivity contribution in [3.05, 3.63) is 94.6 Å². The van der Waals surface area contributed by atoms with Gasteiger partial charge >= 0.3 is 5.97 Å². The van der Waals surface area contributed by atoms with Crippen LogP contribution in [0.15, 0.2) is 63.5 Å². The van der Waals surface area contributed by atoms with Crippen LogP contribution in [-0.4, -0.2) is 23.8 Å². The number of hydrogen-bond donors (Lipinski definition) is 0. The summed E-state index contributed by atoms with van der Waals surface area (Å²) in [5.41, 5.74) is 1.99. The summed E-state index contributed by atoms with van der Waals surface area (Å²) in [6, 6.07) is 11.8. The predicted molar refractivity (Wildman–Crippen MR) is 144 cm³/mol. The van der Waals surface area contributed by atoms with Crippen LogP contribution in [-0.2, 0) is 9.53 Å². The van der Waals surface area contributed by atoms with Crippen LogP contribution in [0.5, 0.6) is 5.75 Å². The number of ether oxygens (including phenoxy) is 2. The first-order valence-electron chi connectivity index (χ1n) is 11.6. The number of carbonyl (C=O) groups is 1. The highest BCUT2D eigenvalue weighted by Gasteiger charge is 2.33. The summed E-state index contributed by atoms with van der Waals surface area (Å²) in [4.78, 5) is 32.1. The van der Waals surface area contributed by atoms with Crippen LogP contribution < -0.4 is 19.6 Å². The van der Waals surface area contributed by atoms with Gasteiger partial charge in [0.25, 0.3) is 5.56 Å². The van der Waals surface area contributed by atoms with Gasteiger partial charge in [-0.1, -0.05) is 66.6 Å². The van der Waals surface area contributed by atoms with Crippen LogP contribution in [0.3, 0.4) is 0 Å². The average molecular weight is 545 g/mol. The Kier molecular flexibility index (Phi) is 8.03. The number of fused-ring (bicyclic) bond motifs is 1. The lowest BCUT2D eigenvalue weighted by Gasteiger charge is -2.25. The topological polar surface area (TPSA) is 69.9 Å². The minimum absolute atomic E-state index is 0.170. The van der Waals surface area contributed by atoms with E-state index in [4.69, 9.17) is 32.7 Å². The molecule has 0 radical (unpaired) electrons. The molecule has 4 rings (SSSR count). The van der Waals surface area contributed by atoms with Gasteiger partial charge in [0.15, 0.2) is 4.80 Å². The summed E-state index contributed by atoms with van der Waals surface area (Å²) in [6.45, 7) is 8.41. The fraction of sp³-hybridized carbons (Fsp3) is 0.296. The van der Waals surface area contributed by atoms with Gasteiger partial charge in [0.05, 0.1) is 35.1 Å². The fourth-order valence-corrected chi connectivity index (χ4v) is 5.39. The quantitative estimate of drug-likeness (QED) is 0.386. The zero-order valence-electron chi connectivity index (χ0n) is 20.4. The molecule has 9 heteroatoms. The highest BCUT2D eigenvalue weighted by atomic mass is 35.5. The molecule has 2 heterocycles. The van der Waals surface area contributed by atoms with E-state index in [1.807, 2.05) is 45.0 Å². The van der Waals surface area contributed by atoms with Gasteiger partial charge in [0.1, 0.15) is 5.75 Å². The van der Waals surface area contributed by atoms with E-state index < -0.39 is 12.0 Å². The number of thiazole rings is 1. The Hall–Kier alpha value is -2.87. The zero-order chi connectivity index (χ0) is 26.0. The molecular weight excluding hydrogens is 519 g/mol. The molecule has 0 aliphatic carbocycles. The molecule has 1 unspecified atom stereocenters. The predicted octanol–water partition coefficient (Wildman–Crippen LogP) is 5.14. The summed E-state index contributed by atoms with van der Waals surface area (Å²) < 4.78 is 13.2. The molecule has 0 fully saturated rings. The lowest BCUT2D eigenvalue weighted by atomic mass is 9.96. The minimum atomic E-state index is -0.695. The van der Waals surface area contributed by atoms with Crippen molar-refractivity contribution in [2.75, 3.05) is 13.2 Å². The molecule has 6 nitrogen and oxygen atoms in total. The molecule has 36 heavy (non-hydrogen) atoms. The van der Waals surface area contributed by atoms with Crippen molar-refractivity contribution < 1.29 is 14.3 Å². The molecule has 0 spiro atoms. The van der Waals surface area contributed by atoms with Gasteiger partial charge in [0, 0.05) is 10.0 Å². The molecule has 0 amide bonds. The van der Waals surface area contributed by atoms with Gasteiger partial charge in [-0.25, -0.2) is 9.79 Å². The van der Waals surface area contributed by atoms with E-state index >= 15 is 0 Å². The Balaban J connectivity index is 1.89. The van der Waals surface area contributed by atoms with E-state index in [-0.39, 0.29) is 18.1 Å². The van der Waals surface area contributed by atoms with E-state index in [2.05, 4.69) is 4.99 Å². The Bertz CT molecular complexity index is 1500. The minimum Gasteiger partial charge on any atom is -0.494 e. The molecule has 0 saturated heterocycles. The normalized spacial score (nSPS) is 15.6. The fourth-order valence-electron chi connectivity index (χ4n) is 3.89. The highest BCUT2D eigenvalue weighted by Crippen LogP contribution is 2.32. The van der Waals surface area contributed by atoms with Crippen LogP contribution in [0.1, 0.15) is 44.9 Å². The molecule has 0 N–H and O–H groups in total. The first-order valence-corrected chi connectivity index (χ1v) is 13.1. The largest absolute Gasteiger partial charge is 0.494 e. The molecule has 188 valence electrons. The smallest absolute Gasteiger partial charge is 0.338 e. The van der Waals surface area contributed by atoms with Crippen LogP contribution in [0, 0.1) is 5.92 Å². The van der Waals surface area contributed by atoms with Gasteiger partial charge in [-0.05, 0) is 61.2 Å². The summed E-state index contributed by atoms with van der Waals surface area (Å²) in [5.74, 6) is 0.388. The third-order valence-corrected chi connectivity index (χ3v) is 7.09. The number of halogens is 2. The van der Waals surface area contributed by atoms with Gasteiger partial charge in [0.2, 0.25) is 0 Å². The monoisotopic (exact) mass is 544 g/mol. The van der Waals surface area contributed by atoms with Crippen molar-refractivity contribution >= 4 is 46.6 Å². The van der Waals surface area contributed by atoms with Gasteiger partial charge < -0.3 is 9.47 Å². The molecule has 1 aromatic heterocycles. The molecule has 0 bridgehead atoms. The van der Waals surface area contributed by atoms with E-state index in [0.717, 1.165) is 5.56 Å². The third-order valence-electron chi connectivity index (χ3n) is 5.55. The van der Waals surface area contributed by atoms with Crippen molar-refractivity contribution in [3.63, 3.8) is 0 Å². The number of nitrogens with zero attached hydrogens (tertiary/aromatic N) is 2. The van der Waals surface area contributed by atoms with Gasteiger partial charge in [-0.15, -0.1) is 0 Å². The Labute approximate surface area is 223 Å². The molecule has 2 aromatic carbocycles. The van der Waals surface area contributed by atoms with Crippen molar-refractivity contribution in [1.29, 1.82) is 0 Å². The number of hydrogen-bond acceptors (Lipinski definition) is 6. The van der Waals surface area contributed by atoms with Crippen molar-refractivity contribution in [2.24, 2.45) is 10.9 Å². The van der Waals surface area contributed by atoms with Crippen LogP contribution >= 0.6 is 34.5 Å². The number of esters is 1. The van der Waals surface area contributed by atoms with E-state index in [1.165, 1.54) is 11.3 Å². The Morgan fingerprint density at radius 1 is 1.19 bits per heavy atom. The van der Waals surface area contributed by atoms with E-state index in [9.17, 15) is 9.59 Å². The number of rotatable bonds is 7. The third kappa shape index (κ3) is 5.43. The Morgan fingerprint density at radius 3 is 2.56 bits per heavy atom. The SMILES string of the molecule is CCOc1ccc(C2C(C(=O)OCC(C)C)=C(C)N=c3s/c(=C\c4ccc(Cl)cc4Cl)c(=O)n32)cc1. The molecule has 1 aliphatic heterocycles. The highest BCUT2D eigenvalue weighted by molar-refractivity contribution is 7.07. The molecule has 0 saturated carbocycles. The molecule has 1 atom stereocenters. The lowest BCUT2D eigenvalue weighted by molar-refractivity contribution is -0.140. The average Bonchev–Trinajstić information content (AvgIpc) is 3.13. The van der Waals surface area contributed by atoms with Crippen molar-refractivity contribution in [3.8, 4) is 5.75 Å². The molecule has 1 aliphatic rings. The van der Waals surface area contributed by atoms with E-state index in [0.29, 0.717) is 48.6 Å². The first-order chi connectivity index (χ1) is 17.2. The van der Waals surface area contributed by atoms with Crippen LogP contribution in [0.2, 0.25) is 10.0 Å². The van der Waals surface area contributed by atoms with Crippen molar-refractivity contribution in [2.45, 2.75) is 33.7 Å². The first kappa shape index (κ1) is 26.2. The second kappa shape index (κ2) is 11.0. The molecular formula is C27H26Cl2N2O4S. The van der Waals surface area contributed by atoms with Crippen LogP contribution in [0.4, 0.5) is 0 Å². The van der Waals surface area contributed by atoms with E-state index in [1.54, 1.807) is 35.8 Å².